The van der Waals surface area contributed by atoms with Crippen LogP contribution in [0.25, 0.3) is 22.4 Å². The molecule has 9 heteroatoms. The van der Waals surface area contributed by atoms with Crippen LogP contribution in [0.4, 0.5) is 4.39 Å². The zero-order valence-corrected chi connectivity index (χ0v) is 17.7. The van der Waals surface area contributed by atoms with Crippen molar-refractivity contribution in [1.82, 2.24) is 20.2 Å². The highest BCUT2D eigenvalue weighted by molar-refractivity contribution is 6.42. The molecule has 1 aliphatic rings. The zero-order chi connectivity index (χ0) is 21.1. The normalized spacial score (nSPS) is 14.9. The molecular weight excluding hydrogens is 430 g/mol. The van der Waals surface area contributed by atoms with E-state index >= 15 is 0 Å². The topological polar surface area (TPSA) is 70.2 Å². The smallest absolute Gasteiger partial charge is 0.251 e. The molecule has 0 aliphatic carbocycles. The molecule has 0 spiro atoms. The highest BCUT2D eigenvalue weighted by Gasteiger charge is 2.15. The maximum Gasteiger partial charge on any atom is 0.251 e. The van der Waals surface area contributed by atoms with Crippen LogP contribution in [0.5, 0.6) is 0 Å². The molecule has 2 N–H and O–H groups in total. The molecule has 4 rings (SSSR count). The van der Waals surface area contributed by atoms with E-state index in [1.165, 1.54) is 6.07 Å². The summed E-state index contributed by atoms with van der Waals surface area (Å²) < 4.78 is 20.0. The van der Waals surface area contributed by atoms with Gasteiger partial charge >= 0.3 is 0 Å². The number of ether oxygens (including phenoxy) is 1. The molecule has 158 valence electrons. The third kappa shape index (κ3) is 4.75. The monoisotopic (exact) mass is 450 g/mol. The van der Waals surface area contributed by atoms with Crippen molar-refractivity contribution in [2.75, 3.05) is 39.4 Å². The molecule has 0 bridgehead atoms. The first-order valence-electron chi connectivity index (χ1n) is 9.74. The van der Waals surface area contributed by atoms with Crippen LogP contribution in [0.1, 0.15) is 16.8 Å². The number of aromatic amines is 1. The summed E-state index contributed by atoms with van der Waals surface area (Å²) in [6, 6.07) is 7.61. The van der Waals surface area contributed by atoms with Gasteiger partial charge in [-0.15, -0.1) is 0 Å². The number of aromatic nitrogens is 2. The lowest BCUT2D eigenvalue weighted by atomic mass is 10.1. The summed E-state index contributed by atoms with van der Waals surface area (Å²) in [5, 5.41) is 3.61. The number of nitrogens with one attached hydrogen (secondary N) is 2. The number of halogens is 3. The molecule has 2 aromatic carbocycles. The van der Waals surface area contributed by atoms with Gasteiger partial charge in [0.05, 0.1) is 39.9 Å². The molecule has 1 aromatic heterocycles. The van der Waals surface area contributed by atoms with E-state index in [1.54, 1.807) is 24.3 Å². The van der Waals surface area contributed by atoms with E-state index in [4.69, 9.17) is 27.9 Å². The molecule has 0 unspecified atom stereocenters. The minimum absolute atomic E-state index is 0.266. The molecule has 30 heavy (non-hydrogen) atoms. The van der Waals surface area contributed by atoms with Crippen LogP contribution in [0.15, 0.2) is 30.3 Å². The van der Waals surface area contributed by atoms with E-state index in [9.17, 15) is 9.18 Å². The lowest BCUT2D eigenvalue weighted by molar-refractivity contribution is 0.0374. The number of nitrogens with zero attached hydrogens (tertiary/aromatic N) is 2. The van der Waals surface area contributed by atoms with E-state index in [2.05, 4.69) is 20.2 Å². The molecule has 3 aromatic rings. The van der Waals surface area contributed by atoms with Crippen molar-refractivity contribution in [3.63, 3.8) is 0 Å². The van der Waals surface area contributed by atoms with E-state index < -0.39 is 5.82 Å². The Hall–Kier alpha value is -2.19. The average Bonchev–Trinajstić information content (AvgIpc) is 3.14. The summed E-state index contributed by atoms with van der Waals surface area (Å²) in [5.41, 5.74) is 1.77. The van der Waals surface area contributed by atoms with Crippen LogP contribution in [0.2, 0.25) is 10.0 Å². The van der Waals surface area contributed by atoms with Crippen LogP contribution in [-0.2, 0) is 4.74 Å². The van der Waals surface area contributed by atoms with Gasteiger partial charge in [0.15, 0.2) is 0 Å². The SMILES string of the molecule is O=C(NCCCN1CCOCC1)c1ccc(-c2nc3cc(Cl)c(Cl)cc3[nH]2)c(F)c1. The summed E-state index contributed by atoms with van der Waals surface area (Å²) in [6.45, 7) is 4.77. The fourth-order valence-electron chi connectivity index (χ4n) is 3.41. The minimum Gasteiger partial charge on any atom is -0.379 e. The molecule has 0 atom stereocenters. The Morgan fingerprint density at radius 2 is 1.97 bits per heavy atom. The average molecular weight is 451 g/mol. The van der Waals surface area contributed by atoms with Gasteiger partial charge < -0.3 is 15.0 Å². The Morgan fingerprint density at radius 3 is 2.73 bits per heavy atom. The van der Waals surface area contributed by atoms with E-state index in [0.717, 1.165) is 39.3 Å². The lowest BCUT2D eigenvalue weighted by Crippen LogP contribution is -2.38. The second kappa shape index (κ2) is 9.31. The number of fused-ring (bicyclic) bond motifs is 1. The third-order valence-corrected chi connectivity index (χ3v) is 5.77. The van der Waals surface area contributed by atoms with E-state index in [-0.39, 0.29) is 17.0 Å². The van der Waals surface area contributed by atoms with Gasteiger partial charge in [-0.25, -0.2) is 9.37 Å². The lowest BCUT2D eigenvalue weighted by Gasteiger charge is -2.26. The first-order chi connectivity index (χ1) is 14.5. The number of carbonyl (C=O) groups is 1. The van der Waals surface area contributed by atoms with Gasteiger partial charge in [-0.2, -0.15) is 0 Å². The maximum atomic E-state index is 14.7. The highest BCUT2D eigenvalue weighted by atomic mass is 35.5. The summed E-state index contributed by atoms with van der Waals surface area (Å²) in [4.78, 5) is 22.1. The summed E-state index contributed by atoms with van der Waals surface area (Å²) in [5.74, 6) is -0.490. The van der Waals surface area contributed by atoms with Crippen molar-refractivity contribution in [3.05, 3.63) is 51.8 Å². The van der Waals surface area contributed by atoms with Crippen molar-refractivity contribution in [3.8, 4) is 11.4 Å². The van der Waals surface area contributed by atoms with E-state index in [0.29, 0.717) is 33.4 Å². The standard InChI is InChI=1S/C21H21Cl2FN4O2/c22-15-11-18-19(12-16(15)23)27-20(26-18)14-3-2-13(10-17(14)24)21(29)25-4-1-5-28-6-8-30-9-7-28/h2-3,10-12H,1,4-9H2,(H,25,29)(H,26,27). The Kier molecular flexibility index (Phi) is 6.53. The first kappa shape index (κ1) is 21.1. The fraction of sp³-hybridized carbons (Fsp3) is 0.333. The van der Waals surface area contributed by atoms with Crippen LogP contribution in [0, 0.1) is 5.82 Å². The number of hydrogen-bond donors (Lipinski definition) is 2. The predicted molar refractivity (Wildman–Crippen MR) is 116 cm³/mol. The van der Waals surface area contributed by atoms with Gasteiger partial charge in [0.2, 0.25) is 0 Å². The van der Waals surface area contributed by atoms with Crippen LogP contribution in [-0.4, -0.2) is 60.2 Å². The Balaban J connectivity index is 1.39. The third-order valence-electron chi connectivity index (χ3n) is 5.05. The largest absolute Gasteiger partial charge is 0.379 e. The van der Waals surface area contributed by atoms with E-state index in [1.807, 2.05) is 0 Å². The highest BCUT2D eigenvalue weighted by Crippen LogP contribution is 2.29. The number of benzene rings is 2. The van der Waals surface area contributed by atoms with Crippen LogP contribution < -0.4 is 5.32 Å². The van der Waals surface area contributed by atoms with Crippen LogP contribution >= 0.6 is 23.2 Å². The molecular formula is C21H21Cl2FN4O2. The molecule has 2 heterocycles. The van der Waals surface area contributed by atoms with Crippen molar-refractivity contribution in [2.24, 2.45) is 0 Å². The molecule has 1 fully saturated rings. The summed E-state index contributed by atoms with van der Waals surface area (Å²) in [7, 11) is 0. The molecule has 1 saturated heterocycles. The number of hydrogen-bond acceptors (Lipinski definition) is 4. The number of amides is 1. The maximum absolute atomic E-state index is 14.7. The van der Waals surface area contributed by atoms with Crippen LogP contribution in [0.3, 0.4) is 0 Å². The zero-order valence-electron chi connectivity index (χ0n) is 16.2. The second-order valence-electron chi connectivity index (χ2n) is 7.13. The van der Waals surface area contributed by atoms with Crippen molar-refractivity contribution >= 4 is 40.1 Å². The Morgan fingerprint density at radius 1 is 1.20 bits per heavy atom. The number of rotatable bonds is 6. The summed E-state index contributed by atoms with van der Waals surface area (Å²) in [6.07, 6.45) is 0.830. The fourth-order valence-corrected chi connectivity index (χ4v) is 3.73. The van der Waals surface area contributed by atoms with Crippen molar-refractivity contribution < 1.29 is 13.9 Å². The molecule has 0 saturated carbocycles. The van der Waals surface area contributed by atoms with Crippen molar-refractivity contribution in [2.45, 2.75) is 6.42 Å². The quantitative estimate of drug-likeness (QED) is 0.553. The number of carbonyl (C=O) groups excluding carboxylic acids is 1. The number of imidazole rings is 1. The minimum atomic E-state index is -0.535. The molecule has 1 amide bonds. The van der Waals surface area contributed by atoms with Gasteiger partial charge in [-0.05, 0) is 43.3 Å². The molecule has 0 radical (unpaired) electrons. The first-order valence-corrected chi connectivity index (χ1v) is 10.5. The van der Waals surface area contributed by atoms with Gasteiger partial charge in [0.25, 0.3) is 5.91 Å². The Bertz CT molecular complexity index is 1030. The molecule has 1 aliphatic heterocycles. The Labute approximate surface area is 183 Å². The van der Waals surface area contributed by atoms with Gasteiger partial charge in [-0.1, -0.05) is 23.2 Å². The predicted octanol–water partition coefficient (Wildman–Crippen LogP) is 4.13. The van der Waals surface area contributed by atoms with Gasteiger partial charge in [-0.3, -0.25) is 9.69 Å². The number of H-pyrrole nitrogens is 1. The molecule has 6 nitrogen and oxygen atoms in total. The number of morpholine rings is 1. The van der Waals surface area contributed by atoms with Gasteiger partial charge in [0, 0.05) is 25.2 Å². The summed E-state index contributed by atoms with van der Waals surface area (Å²) >= 11 is 12.0. The van der Waals surface area contributed by atoms with Crippen molar-refractivity contribution in [1.29, 1.82) is 0 Å². The second-order valence-corrected chi connectivity index (χ2v) is 7.94. The van der Waals surface area contributed by atoms with Gasteiger partial charge in [0.1, 0.15) is 11.6 Å².